The van der Waals surface area contributed by atoms with Gasteiger partial charge >= 0.3 is 12.0 Å². The second kappa shape index (κ2) is 7.45. The highest BCUT2D eigenvalue weighted by Crippen LogP contribution is 2.25. The number of urea groups is 1. The average molecular weight is 355 g/mol. The zero-order valence-corrected chi connectivity index (χ0v) is 13.2. The molecule has 2 amide bonds. The van der Waals surface area contributed by atoms with E-state index in [0.29, 0.717) is 18.5 Å². The van der Waals surface area contributed by atoms with Gasteiger partial charge in [0.15, 0.2) is 0 Å². The zero-order valence-electron chi connectivity index (χ0n) is 11.6. The monoisotopic (exact) mass is 354 g/mol. The summed E-state index contributed by atoms with van der Waals surface area (Å²) in [5.74, 6) is -1.33. The van der Waals surface area contributed by atoms with Crippen molar-refractivity contribution >= 4 is 33.6 Å². The molecule has 1 aromatic rings. The van der Waals surface area contributed by atoms with E-state index in [4.69, 9.17) is 0 Å². The molecule has 0 heterocycles. The molecule has 2 unspecified atom stereocenters. The minimum atomic E-state index is -0.830. The van der Waals surface area contributed by atoms with Gasteiger partial charge in [-0.05, 0) is 40.9 Å². The Morgan fingerprint density at radius 2 is 1.86 bits per heavy atom. The van der Waals surface area contributed by atoms with Crippen LogP contribution in [0, 0.1) is 5.92 Å². The van der Waals surface area contributed by atoms with Crippen LogP contribution < -0.4 is 10.6 Å². The molecule has 114 valence electrons. The Labute approximate surface area is 132 Å². The number of amides is 2. The number of carbonyl (C=O) groups excluding carboxylic acids is 1. The molecule has 5 nitrogen and oxygen atoms in total. The fraction of sp³-hybridized carbons (Fsp3) is 0.467. The SMILES string of the molecule is O=C(Nc1ccccc1Br)NC1CCCCCC1C(=O)O. The second-order valence-corrected chi connectivity index (χ2v) is 6.12. The summed E-state index contributed by atoms with van der Waals surface area (Å²) in [7, 11) is 0. The predicted octanol–water partition coefficient (Wildman–Crippen LogP) is 3.60. The van der Waals surface area contributed by atoms with Crippen LogP contribution in [0.1, 0.15) is 32.1 Å². The third-order valence-corrected chi connectivity index (χ3v) is 4.46. The summed E-state index contributed by atoms with van der Waals surface area (Å²) in [5.41, 5.74) is 0.662. The summed E-state index contributed by atoms with van der Waals surface area (Å²) >= 11 is 3.36. The van der Waals surface area contributed by atoms with E-state index in [2.05, 4.69) is 26.6 Å². The molecule has 1 aliphatic rings. The number of carbonyl (C=O) groups is 2. The summed E-state index contributed by atoms with van der Waals surface area (Å²) in [5, 5.41) is 14.9. The van der Waals surface area contributed by atoms with Gasteiger partial charge in [0, 0.05) is 10.5 Å². The number of anilines is 1. The molecule has 21 heavy (non-hydrogen) atoms. The molecule has 0 spiro atoms. The van der Waals surface area contributed by atoms with Gasteiger partial charge in [-0.25, -0.2) is 4.79 Å². The Bertz CT molecular complexity index is 521. The smallest absolute Gasteiger partial charge is 0.319 e. The summed E-state index contributed by atoms with van der Waals surface area (Å²) in [6.07, 6.45) is 4.20. The summed E-state index contributed by atoms with van der Waals surface area (Å²) in [6.45, 7) is 0. The number of aliphatic carboxylic acids is 1. The Kier molecular flexibility index (Phi) is 5.61. The van der Waals surface area contributed by atoms with Crippen molar-refractivity contribution in [1.82, 2.24) is 5.32 Å². The minimum Gasteiger partial charge on any atom is -0.481 e. The lowest BCUT2D eigenvalue weighted by molar-refractivity contribution is -0.142. The lowest BCUT2D eigenvalue weighted by Gasteiger charge is -2.23. The molecule has 0 radical (unpaired) electrons. The third-order valence-electron chi connectivity index (χ3n) is 3.77. The van der Waals surface area contributed by atoms with Gasteiger partial charge < -0.3 is 15.7 Å². The van der Waals surface area contributed by atoms with E-state index in [1.165, 1.54) is 0 Å². The van der Waals surface area contributed by atoms with Crippen LogP contribution in [0.4, 0.5) is 10.5 Å². The van der Waals surface area contributed by atoms with Crippen molar-refractivity contribution in [3.05, 3.63) is 28.7 Å². The number of halogens is 1. The number of carboxylic acid groups (broad SMARTS) is 1. The molecule has 0 saturated heterocycles. The van der Waals surface area contributed by atoms with Gasteiger partial charge in [-0.1, -0.05) is 31.4 Å². The first-order chi connectivity index (χ1) is 10.1. The largest absolute Gasteiger partial charge is 0.481 e. The van der Waals surface area contributed by atoms with Crippen molar-refractivity contribution < 1.29 is 14.7 Å². The van der Waals surface area contributed by atoms with E-state index in [1.54, 1.807) is 6.07 Å². The van der Waals surface area contributed by atoms with Gasteiger partial charge in [0.1, 0.15) is 0 Å². The Morgan fingerprint density at radius 1 is 1.14 bits per heavy atom. The van der Waals surface area contributed by atoms with Crippen molar-refractivity contribution in [2.24, 2.45) is 5.92 Å². The molecular weight excluding hydrogens is 336 g/mol. The molecular formula is C15H19BrN2O3. The molecule has 1 aliphatic carbocycles. The first-order valence-corrected chi connectivity index (χ1v) is 7.92. The number of para-hydroxylation sites is 1. The van der Waals surface area contributed by atoms with Gasteiger partial charge in [0.2, 0.25) is 0 Å². The van der Waals surface area contributed by atoms with Crippen molar-refractivity contribution in [3.63, 3.8) is 0 Å². The van der Waals surface area contributed by atoms with Crippen molar-refractivity contribution in [1.29, 1.82) is 0 Å². The minimum absolute atomic E-state index is 0.313. The molecule has 3 N–H and O–H groups in total. The van der Waals surface area contributed by atoms with Crippen LogP contribution >= 0.6 is 15.9 Å². The molecule has 1 saturated carbocycles. The average Bonchev–Trinajstić information content (AvgIpc) is 2.67. The van der Waals surface area contributed by atoms with Crippen molar-refractivity contribution in [2.75, 3.05) is 5.32 Å². The predicted molar refractivity (Wildman–Crippen MR) is 84.3 cm³/mol. The molecule has 1 aromatic carbocycles. The second-order valence-electron chi connectivity index (χ2n) is 5.27. The van der Waals surface area contributed by atoms with Crippen LogP contribution in [-0.4, -0.2) is 23.1 Å². The zero-order chi connectivity index (χ0) is 15.2. The van der Waals surface area contributed by atoms with Crippen LogP contribution in [0.3, 0.4) is 0 Å². The number of benzene rings is 1. The maximum Gasteiger partial charge on any atom is 0.319 e. The van der Waals surface area contributed by atoms with E-state index in [-0.39, 0.29) is 12.1 Å². The first kappa shape index (κ1) is 15.8. The van der Waals surface area contributed by atoms with E-state index < -0.39 is 11.9 Å². The Balaban J connectivity index is 2.00. The van der Waals surface area contributed by atoms with Crippen LogP contribution in [0.15, 0.2) is 28.7 Å². The lowest BCUT2D eigenvalue weighted by Crippen LogP contribution is -2.44. The highest BCUT2D eigenvalue weighted by molar-refractivity contribution is 9.10. The molecule has 2 rings (SSSR count). The Morgan fingerprint density at radius 3 is 2.57 bits per heavy atom. The van der Waals surface area contributed by atoms with Crippen LogP contribution in [0.5, 0.6) is 0 Å². The van der Waals surface area contributed by atoms with Crippen LogP contribution in [-0.2, 0) is 4.79 Å². The van der Waals surface area contributed by atoms with E-state index >= 15 is 0 Å². The summed E-state index contributed by atoms with van der Waals surface area (Å²) in [6, 6.07) is 6.63. The quantitative estimate of drug-likeness (QED) is 0.725. The highest BCUT2D eigenvalue weighted by atomic mass is 79.9. The maximum atomic E-state index is 12.1. The lowest BCUT2D eigenvalue weighted by atomic mass is 9.95. The van der Waals surface area contributed by atoms with Gasteiger partial charge in [0.05, 0.1) is 11.6 Å². The van der Waals surface area contributed by atoms with Crippen LogP contribution in [0.2, 0.25) is 0 Å². The third kappa shape index (κ3) is 4.46. The standard InChI is InChI=1S/C15H19BrN2O3/c16-11-7-4-5-9-13(11)18-15(21)17-12-8-3-1-2-6-10(12)14(19)20/h4-5,7,9-10,12H,1-3,6,8H2,(H,19,20)(H2,17,18,21). The molecule has 0 bridgehead atoms. The van der Waals surface area contributed by atoms with E-state index in [9.17, 15) is 14.7 Å². The van der Waals surface area contributed by atoms with Gasteiger partial charge in [-0.15, -0.1) is 0 Å². The molecule has 1 fully saturated rings. The van der Waals surface area contributed by atoms with Gasteiger partial charge in [-0.2, -0.15) is 0 Å². The molecule has 0 aliphatic heterocycles. The van der Waals surface area contributed by atoms with Crippen LogP contribution in [0.25, 0.3) is 0 Å². The van der Waals surface area contributed by atoms with E-state index in [1.807, 2.05) is 18.2 Å². The van der Waals surface area contributed by atoms with Gasteiger partial charge in [0.25, 0.3) is 0 Å². The summed E-state index contributed by atoms with van der Waals surface area (Å²) < 4.78 is 0.788. The van der Waals surface area contributed by atoms with Crippen molar-refractivity contribution in [3.8, 4) is 0 Å². The molecule has 0 aromatic heterocycles. The topological polar surface area (TPSA) is 78.4 Å². The maximum absolute atomic E-state index is 12.1. The fourth-order valence-corrected chi connectivity index (χ4v) is 3.05. The molecule has 2 atom stereocenters. The summed E-state index contributed by atoms with van der Waals surface area (Å²) in [4.78, 5) is 23.4. The number of hydrogen-bond acceptors (Lipinski definition) is 2. The number of hydrogen-bond donors (Lipinski definition) is 3. The van der Waals surface area contributed by atoms with Crippen molar-refractivity contribution in [2.45, 2.75) is 38.1 Å². The Hall–Kier alpha value is -1.56. The molecule has 6 heteroatoms. The number of rotatable bonds is 3. The van der Waals surface area contributed by atoms with Gasteiger partial charge in [-0.3, -0.25) is 4.79 Å². The number of nitrogens with one attached hydrogen (secondary N) is 2. The number of carboxylic acids is 1. The fourth-order valence-electron chi connectivity index (χ4n) is 2.67. The normalized spacial score (nSPS) is 22.1. The first-order valence-electron chi connectivity index (χ1n) is 7.13. The highest BCUT2D eigenvalue weighted by Gasteiger charge is 2.30. The van der Waals surface area contributed by atoms with E-state index in [0.717, 1.165) is 23.7 Å².